The van der Waals surface area contributed by atoms with Crippen molar-refractivity contribution in [2.45, 2.75) is 30.5 Å². The van der Waals surface area contributed by atoms with Crippen molar-refractivity contribution < 1.29 is 26.4 Å². The zero-order chi connectivity index (χ0) is 31.5. The number of nitrogens with one attached hydrogen (secondary N) is 2. The third kappa shape index (κ3) is 7.35. The van der Waals surface area contributed by atoms with Crippen LogP contribution in [-0.4, -0.2) is 69.4 Å². The summed E-state index contributed by atoms with van der Waals surface area (Å²) in [4.78, 5) is 18.0. The molecule has 3 aromatic rings. The second kappa shape index (κ2) is 13.4. The number of aromatic nitrogens is 1. The molecule has 236 valence electrons. The number of hydrogen-bond acceptors (Lipinski definition) is 7. The molecule has 0 saturated carbocycles. The highest BCUT2D eigenvalue weighted by atomic mass is 35.5. The number of sulfonamides is 1. The highest BCUT2D eigenvalue weighted by molar-refractivity contribution is 7.89. The van der Waals surface area contributed by atoms with Gasteiger partial charge < -0.3 is 21.3 Å². The van der Waals surface area contributed by atoms with Crippen molar-refractivity contribution in [1.82, 2.24) is 19.9 Å². The molecular formula is C30H34ClF3N6O3S. The molecular weight excluding hydrogens is 617 g/mol. The van der Waals surface area contributed by atoms with Gasteiger partial charge in [-0.15, -0.1) is 0 Å². The Balaban J connectivity index is 1.30. The number of halogens is 4. The standard InChI is InChI=1S/C30H34ClF3N6O3S/c31-26-16-23(30(32,33)34)17-27(38-26)39-12-14-40(15-13-39)44(42,43)24-6-4-21(5-7-24)28-22(2-1-3-25(28)29(35)41)19-37-18-20-8-10-36-11-9-20/h1-7,16-17,20,36-37H,8-15,18-19H2,(H2,35,41). The molecule has 2 fully saturated rings. The number of piperazine rings is 1. The number of nitrogens with zero attached hydrogens (tertiary/aromatic N) is 3. The maximum atomic E-state index is 13.5. The first-order chi connectivity index (χ1) is 20.9. The van der Waals surface area contributed by atoms with Crippen molar-refractivity contribution in [3.63, 3.8) is 0 Å². The van der Waals surface area contributed by atoms with Crippen LogP contribution in [0, 0.1) is 5.92 Å². The number of carbonyl (C=O) groups excluding carboxylic acids is 1. The number of alkyl halides is 3. The van der Waals surface area contributed by atoms with Gasteiger partial charge in [0.2, 0.25) is 15.9 Å². The molecule has 44 heavy (non-hydrogen) atoms. The van der Waals surface area contributed by atoms with Crippen LogP contribution in [-0.2, 0) is 22.7 Å². The summed E-state index contributed by atoms with van der Waals surface area (Å²) in [7, 11) is -3.90. The van der Waals surface area contributed by atoms with Gasteiger partial charge in [-0.25, -0.2) is 13.4 Å². The number of carbonyl (C=O) groups is 1. The molecule has 2 aliphatic rings. The number of nitrogens with two attached hydrogens (primary N) is 1. The number of anilines is 1. The lowest BCUT2D eigenvalue weighted by Crippen LogP contribution is -2.49. The van der Waals surface area contributed by atoms with E-state index in [0.717, 1.165) is 50.2 Å². The Morgan fingerprint density at radius 2 is 1.73 bits per heavy atom. The van der Waals surface area contributed by atoms with E-state index in [4.69, 9.17) is 17.3 Å². The molecule has 0 bridgehead atoms. The number of benzene rings is 2. The summed E-state index contributed by atoms with van der Waals surface area (Å²) in [5.41, 5.74) is 7.34. The Labute approximate surface area is 259 Å². The van der Waals surface area contributed by atoms with E-state index in [1.54, 1.807) is 29.2 Å². The molecule has 0 unspecified atom stereocenters. The van der Waals surface area contributed by atoms with Gasteiger partial charge in [0.1, 0.15) is 11.0 Å². The maximum absolute atomic E-state index is 13.5. The fourth-order valence-corrected chi connectivity index (χ4v) is 7.33. The molecule has 3 heterocycles. The van der Waals surface area contributed by atoms with Crippen LogP contribution in [0.5, 0.6) is 0 Å². The van der Waals surface area contributed by atoms with Crippen molar-refractivity contribution >= 4 is 33.3 Å². The molecule has 0 spiro atoms. The predicted octanol–water partition coefficient (Wildman–Crippen LogP) is 4.12. The monoisotopic (exact) mass is 650 g/mol. The molecule has 1 amide bonds. The van der Waals surface area contributed by atoms with Gasteiger partial charge in [-0.05, 0) is 85.4 Å². The fraction of sp³-hybridized carbons (Fsp3) is 0.400. The molecule has 2 aromatic carbocycles. The van der Waals surface area contributed by atoms with Crippen LogP contribution in [0.1, 0.15) is 34.3 Å². The van der Waals surface area contributed by atoms with Crippen molar-refractivity contribution in [2.24, 2.45) is 11.7 Å². The average Bonchev–Trinajstić information content (AvgIpc) is 3.01. The second-order valence-corrected chi connectivity index (χ2v) is 13.3. The molecule has 1 aromatic heterocycles. The number of rotatable bonds is 9. The Hall–Kier alpha value is -3.23. The van der Waals surface area contributed by atoms with Crippen LogP contribution in [0.3, 0.4) is 0 Å². The molecule has 14 heteroatoms. The molecule has 0 atom stereocenters. The summed E-state index contributed by atoms with van der Waals surface area (Å²) >= 11 is 5.83. The van der Waals surface area contributed by atoms with E-state index in [-0.39, 0.29) is 42.0 Å². The minimum Gasteiger partial charge on any atom is -0.366 e. The van der Waals surface area contributed by atoms with Crippen LogP contribution in [0.25, 0.3) is 11.1 Å². The Morgan fingerprint density at radius 3 is 2.36 bits per heavy atom. The van der Waals surface area contributed by atoms with Gasteiger partial charge in [-0.1, -0.05) is 35.9 Å². The van der Waals surface area contributed by atoms with Crippen LogP contribution < -0.4 is 21.3 Å². The molecule has 5 rings (SSSR count). The van der Waals surface area contributed by atoms with E-state index in [0.29, 0.717) is 29.2 Å². The van der Waals surface area contributed by atoms with Gasteiger partial charge in [0, 0.05) is 38.3 Å². The maximum Gasteiger partial charge on any atom is 0.416 e. The zero-order valence-corrected chi connectivity index (χ0v) is 25.5. The lowest BCUT2D eigenvalue weighted by molar-refractivity contribution is -0.137. The predicted molar refractivity (Wildman–Crippen MR) is 163 cm³/mol. The summed E-state index contributed by atoms with van der Waals surface area (Å²) in [6.45, 7) is 3.76. The summed E-state index contributed by atoms with van der Waals surface area (Å²) in [6, 6.07) is 13.3. The van der Waals surface area contributed by atoms with Crippen LogP contribution in [0.15, 0.2) is 59.5 Å². The first-order valence-electron chi connectivity index (χ1n) is 14.4. The first kappa shape index (κ1) is 32.2. The van der Waals surface area contributed by atoms with Crippen molar-refractivity contribution in [3.8, 4) is 11.1 Å². The lowest BCUT2D eigenvalue weighted by Gasteiger charge is -2.35. The smallest absolute Gasteiger partial charge is 0.366 e. The van der Waals surface area contributed by atoms with E-state index < -0.39 is 27.7 Å². The molecule has 9 nitrogen and oxygen atoms in total. The SMILES string of the molecule is NC(=O)c1cccc(CNCC2CCNCC2)c1-c1ccc(S(=O)(=O)N2CCN(c3cc(C(F)(F)F)cc(Cl)n3)CC2)cc1. The van der Waals surface area contributed by atoms with Gasteiger partial charge in [0.05, 0.1) is 10.5 Å². The van der Waals surface area contributed by atoms with Crippen molar-refractivity contribution in [3.05, 3.63) is 76.4 Å². The van der Waals surface area contributed by atoms with Crippen LogP contribution >= 0.6 is 11.6 Å². The molecule has 2 saturated heterocycles. The number of amides is 1. The number of pyridine rings is 1. The van der Waals surface area contributed by atoms with Crippen LogP contribution in [0.2, 0.25) is 5.15 Å². The Morgan fingerprint density at radius 1 is 1.05 bits per heavy atom. The van der Waals surface area contributed by atoms with E-state index in [2.05, 4.69) is 15.6 Å². The molecule has 0 radical (unpaired) electrons. The quantitative estimate of drug-likeness (QED) is 0.298. The molecule has 2 aliphatic heterocycles. The lowest BCUT2D eigenvalue weighted by atomic mass is 9.93. The largest absolute Gasteiger partial charge is 0.416 e. The first-order valence-corrected chi connectivity index (χ1v) is 16.2. The second-order valence-electron chi connectivity index (χ2n) is 11.0. The van der Waals surface area contributed by atoms with Gasteiger partial charge in [-0.2, -0.15) is 17.5 Å². The number of primary amides is 1. The third-order valence-corrected chi connectivity index (χ3v) is 10.2. The third-order valence-electron chi connectivity index (χ3n) is 8.07. The minimum absolute atomic E-state index is 0.0420. The Bertz CT molecular complexity index is 1590. The van der Waals surface area contributed by atoms with E-state index in [1.165, 1.54) is 16.4 Å². The van der Waals surface area contributed by atoms with Crippen LogP contribution in [0.4, 0.5) is 19.0 Å². The van der Waals surface area contributed by atoms with E-state index >= 15 is 0 Å². The van der Waals surface area contributed by atoms with Crippen molar-refractivity contribution in [1.29, 1.82) is 0 Å². The molecule has 0 aliphatic carbocycles. The summed E-state index contributed by atoms with van der Waals surface area (Å²) in [5.74, 6) is 0.0382. The Kier molecular flexibility index (Phi) is 9.80. The molecule has 4 N–H and O–H groups in total. The van der Waals surface area contributed by atoms with Crippen molar-refractivity contribution in [2.75, 3.05) is 50.7 Å². The zero-order valence-electron chi connectivity index (χ0n) is 23.9. The van der Waals surface area contributed by atoms with Gasteiger partial charge in [0.25, 0.3) is 0 Å². The van der Waals surface area contributed by atoms with Gasteiger partial charge in [0.15, 0.2) is 0 Å². The topological polar surface area (TPSA) is 121 Å². The highest BCUT2D eigenvalue weighted by Crippen LogP contribution is 2.34. The fourth-order valence-electron chi connectivity index (χ4n) is 5.70. The summed E-state index contributed by atoms with van der Waals surface area (Å²) < 4.78 is 68.0. The van der Waals surface area contributed by atoms with E-state index in [1.807, 2.05) is 6.07 Å². The number of piperidine rings is 1. The van der Waals surface area contributed by atoms with Gasteiger partial charge in [-0.3, -0.25) is 4.79 Å². The summed E-state index contributed by atoms with van der Waals surface area (Å²) in [5, 5.41) is 6.57. The minimum atomic E-state index is -4.58. The summed E-state index contributed by atoms with van der Waals surface area (Å²) in [6.07, 6.45) is -2.38. The number of hydrogen-bond donors (Lipinski definition) is 3. The normalized spacial score (nSPS) is 17.1. The van der Waals surface area contributed by atoms with Gasteiger partial charge >= 0.3 is 6.18 Å². The highest BCUT2D eigenvalue weighted by Gasteiger charge is 2.34. The van der Waals surface area contributed by atoms with E-state index in [9.17, 15) is 26.4 Å². The average molecular weight is 651 g/mol.